The van der Waals surface area contributed by atoms with Crippen LogP contribution in [-0.4, -0.2) is 55.6 Å². The Morgan fingerprint density at radius 1 is 0.921 bits per heavy atom. The number of methoxy groups -OCH3 is 2. The van der Waals surface area contributed by atoms with E-state index in [0.29, 0.717) is 43.3 Å². The zero-order valence-electron chi connectivity index (χ0n) is 23.1. The summed E-state index contributed by atoms with van der Waals surface area (Å²) in [5, 5.41) is 2.97. The number of aryl methyl sites for hydroxylation is 2. The predicted molar refractivity (Wildman–Crippen MR) is 149 cm³/mol. The molecule has 3 rings (SSSR count). The summed E-state index contributed by atoms with van der Waals surface area (Å²) >= 11 is 0. The van der Waals surface area contributed by atoms with Gasteiger partial charge in [-0.15, -0.1) is 0 Å². The molecule has 8 nitrogen and oxygen atoms in total. The number of furan rings is 1. The molecule has 38 heavy (non-hydrogen) atoms. The number of unbranched alkanes of at least 4 members (excludes halogenated alkanes) is 1. The number of carbonyl (C=O) groups excluding carboxylic acids is 2. The molecule has 1 aromatic heterocycles. The van der Waals surface area contributed by atoms with E-state index in [1.807, 2.05) is 68.4 Å². The van der Waals surface area contributed by atoms with E-state index in [4.69, 9.17) is 13.9 Å². The molecular weight excluding hydrogens is 482 g/mol. The Kier molecular flexibility index (Phi) is 10.6. The molecule has 0 spiro atoms. The summed E-state index contributed by atoms with van der Waals surface area (Å²) in [5.74, 6) is 2.64. The number of hydrogen-bond donors (Lipinski definition) is 1. The van der Waals surface area contributed by atoms with Gasteiger partial charge >= 0.3 is 6.03 Å². The number of carbonyl (C=O) groups is 2. The number of amides is 3. The third kappa shape index (κ3) is 8.03. The average molecular weight is 522 g/mol. The number of urea groups is 1. The van der Waals surface area contributed by atoms with Crippen molar-refractivity contribution in [2.45, 2.75) is 46.6 Å². The van der Waals surface area contributed by atoms with E-state index in [9.17, 15) is 9.59 Å². The number of ether oxygens (including phenoxy) is 2. The Morgan fingerprint density at radius 2 is 1.68 bits per heavy atom. The Bertz CT molecular complexity index is 1210. The van der Waals surface area contributed by atoms with E-state index >= 15 is 0 Å². The van der Waals surface area contributed by atoms with Crippen LogP contribution in [0.15, 0.2) is 59.0 Å². The van der Waals surface area contributed by atoms with Crippen LogP contribution in [0, 0.1) is 13.8 Å². The maximum atomic E-state index is 13.6. The Hall–Kier alpha value is -3.94. The van der Waals surface area contributed by atoms with Crippen LogP contribution in [0.2, 0.25) is 0 Å². The Labute approximate surface area is 225 Å². The van der Waals surface area contributed by atoms with Crippen LogP contribution < -0.4 is 14.8 Å². The first-order chi connectivity index (χ1) is 18.3. The third-order valence-corrected chi connectivity index (χ3v) is 6.40. The van der Waals surface area contributed by atoms with Crippen LogP contribution in [0.25, 0.3) is 0 Å². The van der Waals surface area contributed by atoms with Crippen molar-refractivity contribution in [2.75, 3.05) is 39.2 Å². The van der Waals surface area contributed by atoms with Crippen molar-refractivity contribution in [1.29, 1.82) is 0 Å². The molecule has 0 bridgehead atoms. The molecule has 0 saturated heterocycles. The van der Waals surface area contributed by atoms with Gasteiger partial charge in [0.1, 0.15) is 18.1 Å². The number of benzene rings is 2. The first-order valence-corrected chi connectivity index (χ1v) is 13.0. The lowest BCUT2D eigenvalue weighted by atomic mass is 10.1. The van der Waals surface area contributed by atoms with Gasteiger partial charge in [0, 0.05) is 18.8 Å². The minimum Gasteiger partial charge on any atom is -0.493 e. The maximum Gasteiger partial charge on any atom is 0.322 e. The molecule has 1 N–H and O–H groups in total. The van der Waals surface area contributed by atoms with Crippen molar-refractivity contribution in [3.8, 4) is 11.5 Å². The van der Waals surface area contributed by atoms with E-state index in [-0.39, 0.29) is 18.5 Å². The minimum atomic E-state index is -0.283. The highest BCUT2D eigenvalue weighted by molar-refractivity contribution is 5.93. The Balaban J connectivity index is 1.76. The SMILES string of the molecule is CCCCN(CC(=O)N(CCc1ccc(OC)c(OC)c1)Cc1ccc(C)o1)C(=O)Nc1ccccc1C. The molecule has 0 aliphatic heterocycles. The fourth-order valence-corrected chi connectivity index (χ4v) is 4.12. The van der Waals surface area contributed by atoms with Gasteiger partial charge in [0.05, 0.1) is 20.8 Å². The van der Waals surface area contributed by atoms with Gasteiger partial charge in [0.15, 0.2) is 11.5 Å². The van der Waals surface area contributed by atoms with Gasteiger partial charge in [-0.05, 0) is 68.1 Å². The van der Waals surface area contributed by atoms with Crippen molar-refractivity contribution in [3.63, 3.8) is 0 Å². The number of nitrogens with one attached hydrogen (secondary N) is 1. The van der Waals surface area contributed by atoms with Crippen LogP contribution in [0.1, 0.15) is 42.4 Å². The fourth-order valence-electron chi connectivity index (χ4n) is 4.12. The Morgan fingerprint density at radius 3 is 2.34 bits per heavy atom. The molecule has 0 aliphatic rings. The highest BCUT2D eigenvalue weighted by Crippen LogP contribution is 2.28. The molecule has 0 radical (unpaired) electrons. The largest absolute Gasteiger partial charge is 0.493 e. The molecule has 0 aliphatic carbocycles. The minimum absolute atomic E-state index is 0.0245. The highest BCUT2D eigenvalue weighted by atomic mass is 16.5. The monoisotopic (exact) mass is 521 g/mol. The van der Waals surface area contributed by atoms with Gasteiger partial charge in [0.2, 0.25) is 5.91 Å². The summed E-state index contributed by atoms with van der Waals surface area (Å²) < 4.78 is 16.5. The predicted octanol–water partition coefficient (Wildman–Crippen LogP) is 5.82. The molecule has 3 amide bonds. The molecule has 2 aromatic carbocycles. The maximum absolute atomic E-state index is 13.6. The molecular formula is C30H39N3O5. The zero-order valence-corrected chi connectivity index (χ0v) is 23.1. The van der Waals surface area contributed by atoms with E-state index in [2.05, 4.69) is 12.2 Å². The second kappa shape index (κ2) is 14.1. The lowest BCUT2D eigenvalue weighted by Crippen LogP contribution is -2.45. The number of rotatable bonds is 13. The van der Waals surface area contributed by atoms with Crippen LogP contribution >= 0.6 is 0 Å². The summed E-state index contributed by atoms with van der Waals surface area (Å²) in [6, 6.07) is 16.8. The summed E-state index contributed by atoms with van der Waals surface area (Å²) in [7, 11) is 3.20. The molecule has 204 valence electrons. The van der Waals surface area contributed by atoms with E-state index in [1.54, 1.807) is 24.0 Å². The molecule has 0 fully saturated rings. The first-order valence-electron chi connectivity index (χ1n) is 13.0. The summed E-state index contributed by atoms with van der Waals surface area (Å²) in [4.78, 5) is 30.2. The van der Waals surface area contributed by atoms with E-state index in [0.717, 1.165) is 35.4 Å². The summed E-state index contributed by atoms with van der Waals surface area (Å²) in [5.41, 5.74) is 2.71. The van der Waals surface area contributed by atoms with Gasteiger partial charge in [-0.25, -0.2) is 4.79 Å². The van der Waals surface area contributed by atoms with E-state index in [1.165, 1.54) is 0 Å². The summed E-state index contributed by atoms with van der Waals surface area (Å²) in [6.07, 6.45) is 2.32. The second-order valence-electron chi connectivity index (χ2n) is 9.29. The second-order valence-corrected chi connectivity index (χ2v) is 9.29. The van der Waals surface area contributed by atoms with Crippen LogP contribution in [0.3, 0.4) is 0 Å². The third-order valence-electron chi connectivity index (χ3n) is 6.40. The molecule has 0 atom stereocenters. The van der Waals surface area contributed by atoms with Crippen LogP contribution in [-0.2, 0) is 17.8 Å². The van der Waals surface area contributed by atoms with Crippen molar-refractivity contribution >= 4 is 17.6 Å². The normalized spacial score (nSPS) is 10.7. The van der Waals surface area contributed by atoms with Gasteiger partial charge in [-0.2, -0.15) is 0 Å². The molecule has 0 saturated carbocycles. The quantitative estimate of drug-likeness (QED) is 0.306. The van der Waals surface area contributed by atoms with Crippen LogP contribution in [0.5, 0.6) is 11.5 Å². The highest BCUT2D eigenvalue weighted by Gasteiger charge is 2.23. The fraction of sp³-hybridized carbons (Fsp3) is 0.400. The standard InChI is InChI=1S/C30H39N3O5/c1-6-7-17-33(30(35)31-26-11-9-8-10-22(26)2)21-29(34)32(20-25-14-12-23(3)38-25)18-16-24-13-15-27(36-4)28(19-24)37-5/h8-15,19H,6-7,16-18,20-21H2,1-5H3,(H,31,35). The van der Waals surface area contributed by atoms with Gasteiger partial charge < -0.3 is 29.0 Å². The lowest BCUT2D eigenvalue weighted by Gasteiger charge is -2.28. The zero-order chi connectivity index (χ0) is 27.5. The van der Waals surface area contributed by atoms with Gasteiger partial charge in [0.25, 0.3) is 0 Å². The van der Waals surface area contributed by atoms with Gasteiger partial charge in [-0.3, -0.25) is 4.79 Å². The van der Waals surface area contributed by atoms with Crippen LogP contribution in [0.4, 0.5) is 10.5 Å². The number of anilines is 1. The first kappa shape index (κ1) is 28.6. The summed E-state index contributed by atoms with van der Waals surface area (Å²) in [6.45, 7) is 7.12. The molecule has 0 unspecified atom stereocenters. The topological polar surface area (TPSA) is 84.2 Å². The van der Waals surface area contributed by atoms with Crippen molar-refractivity contribution < 1.29 is 23.5 Å². The van der Waals surface area contributed by atoms with Gasteiger partial charge in [-0.1, -0.05) is 37.6 Å². The molecule has 1 heterocycles. The van der Waals surface area contributed by atoms with Crippen molar-refractivity contribution in [1.82, 2.24) is 9.80 Å². The van der Waals surface area contributed by atoms with Crippen molar-refractivity contribution in [2.24, 2.45) is 0 Å². The van der Waals surface area contributed by atoms with E-state index < -0.39 is 0 Å². The number of hydrogen-bond acceptors (Lipinski definition) is 5. The lowest BCUT2D eigenvalue weighted by molar-refractivity contribution is -0.132. The smallest absolute Gasteiger partial charge is 0.322 e. The number of para-hydroxylation sites is 1. The van der Waals surface area contributed by atoms with Crippen molar-refractivity contribution in [3.05, 3.63) is 77.2 Å². The number of nitrogens with zero attached hydrogens (tertiary/aromatic N) is 2. The average Bonchev–Trinajstić information content (AvgIpc) is 3.34. The molecule has 8 heteroatoms. The molecule has 3 aromatic rings.